The van der Waals surface area contributed by atoms with Crippen molar-refractivity contribution in [2.45, 2.75) is 51.1 Å². The van der Waals surface area contributed by atoms with Gasteiger partial charge in [0.2, 0.25) is 5.91 Å². The predicted octanol–water partition coefficient (Wildman–Crippen LogP) is 3.46. The molecule has 4 rings (SSSR count). The molecule has 2 aliphatic carbocycles. The number of aryl methyl sites for hydroxylation is 2. The number of rotatable bonds is 5. The summed E-state index contributed by atoms with van der Waals surface area (Å²) in [6.07, 6.45) is 11.9. The number of hydrogen-bond donors (Lipinski definition) is 2. The highest BCUT2D eigenvalue weighted by Crippen LogP contribution is 2.42. The van der Waals surface area contributed by atoms with Gasteiger partial charge in [-0.15, -0.1) is 24.8 Å². The van der Waals surface area contributed by atoms with Crippen molar-refractivity contribution in [2.24, 2.45) is 23.5 Å². The van der Waals surface area contributed by atoms with Gasteiger partial charge in [-0.3, -0.25) is 14.5 Å². The van der Waals surface area contributed by atoms with Crippen molar-refractivity contribution < 1.29 is 4.79 Å². The Morgan fingerprint density at radius 2 is 1.82 bits per heavy atom. The van der Waals surface area contributed by atoms with E-state index in [1.807, 2.05) is 29.1 Å². The lowest BCUT2D eigenvalue weighted by Gasteiger charge is -2.43. The molecule has 2 aromatic rings. The maximum atomic E-state index is 12.7. The first-order valence-electron chi connectivity index (χ1n) is 9.68. The first-order valence-corrected chi connectivity index (χ1v) is 9.68. The van der Waals surface area contributed by atoms with Gasteiger partial charge in [-0.05, 0) is 61.6 Å². The molecule has 2 fully saturated rings. The van der Waals surface area contributed by atoms with Gasteiger partial charge in [0, 0.05) is 43.2 Å². The summed E-state index contributed by atoms with van der Waals surface area (Å²) in [6.45, 7) is 0.780. The van der Waals surface area contributed by atoms with E-state index < -0.39 is 0 Å². The first-order chi connectivity index (χ1) is 12.7. The van der Waals surface area contributed by atoms with Crippen molar-refractivity contribution >= 4 is 36.5 Å². The van der Waals surface area contributed by atoms with E-state index in [0.29, 0.717) is 23.7 Å². The minimum absolute atomic E-state index is 0. The van der Waals surface area contributed by atoms with Gasteiger partial charge in [0.1, 0.15) is 0 Å². The molecule has 0 aromatic carbocycles. The fraction of sp³-hybridized carbons (Fsp3) is 0.550. The highest BCUT2D eigenvalue weighted by atomic mass is 35.5. The third kappa shape index (κ3) is 5.25. The van der Waals surface area contributed by atoms with Crippen molar-refractivity contribution in [3.63, 3.8) is 0 Å². The summed E-state index contributed by atoms with van der Waals surface area (Å²) >= 11 is 0. The molecular weight excluding hydrogens is 397 g/mol. The monoisotopic (exact) mass is 425 g/mol. The summed E-state index contributed by atoms with van der Waals surface area (Å²) in [5, 5.41) is 7.50. The van der Waals surface area contributed by atoms with Crippen molar-refractivity contribution in [3.05, 3.63) is 42.4 Å². The van der Waals surface area contributed by atoms with E-state index in [4.69, 9.17) is 5.73 Å². The van der Waals surface area contributed by atoms with Gasteiger partial charge in [-0.1, -0.05) is 6.42 Å². The molecule has 0 spiro atoms. The Hall–Kier alpha value is -1.63. The molecule has 2 heterocycles. The zero-order valence-electron chi connectivity index (χ0n) is 15.9. The Bertz CT molecular complexity index is 740. The number of halogens is 2. The largest absolute Gasteiger partial charge is 0.327 e. The third-order valence-electron chi connectivity index (χ3n) is 6.05. The number of anilines is 1. The quantitative estimate of drug-likeness (QED) is 0.767. The number of fused-ring (bicyclic) bond motifs is 2. The van der Waals surface area contributed by atoms with Gasteiger partial charge in [0.05, 0.1) is 0 Å². The molecule has 2 aromatic heterocycles. The standard InChI is InChI=1S/C20H27N5O.2ClH/c21-19-15-2-1-3-16(19)13-17(12-15)20(26)23-18-7-11-25(24-18)10-6-14-4-8-22-9-5-14;;/h4-5,7-9,11,15-17,19H,1-3,6,10,12-13,21H2,(H,23,24,26);2*1H. The number of carbonyl (C=O) groups is 1. The molecule has 28 heavy (non-hydrogen) atoms. The maximum absolute atomic E-state index is 12.7. The predicted molar refractivity (Wildman–Crippen MR) is 115 cm³/mol. The van der Waals surface area contributed by atoms with Crippen LogP contribution in [0.4, 0.5) is 5.82 Å². The molecule has 3 N–H and O–H groups in total. The number of pyridine rings is 1. The van der Waals surface area contributed by atoms with Crippen LogP contribution >= 0.6 is 24.8 Å². The maximum Gasteiger partial charge on any atom is 0.228 e. The van der Waals surface area contributed by atoms with Crippen LogP contribution in [-0.2, 0) is 17.8 Å². The minimum atomic E-state index is 0. The molecule has 2 unspecified atom stereocenters. The van der Waals surface area contributed by atoms with Gasteiger partial charge < -0.3 is 11.1 Å². The number of hydrogen-bond acceptors (Lipinski definition) is 4. The number of nitrogens with one attached hydrogen (secondary N) is 1. The molecule has 8 heteroatoms. The Morgan fingerprint density at radius 1 is 1.14 bits per heavy atom. The molecule has 0 saturated heterocycles. The molecule has 2 aliphatic rings. The van der Waals surface area contributed by atoms with Crippen LogP contribution in [0.15, 0.2) is 36.8 Å². The Kier molecular flexibility index (Phi) is 8.28. The molecule has 154 valence electrons. The molecule has 2 bridgehead atoms. The number of aromatic nitrogens is 3. The topological polar surface area (TPSA) is 85.8 Å². The van der Waals surface area contributed by atoms with Gasteiger partial charge in [-0.2, -0.15) is 5.10 Å². The number of nitrogens with zero attached hydrogens (tertiary/aromatic N) is 3. The van der Waals surface area contributed by atoms with Crippen LogP contribution < -0.4 is 11.1 Å². The van der Waals surface area contributed by atoms with Crippen LogP contribution in [0.25, 0.3) is 0 Å². The van der Waals surface area contributed by atoms with E-state index in [2.05, 4.69) is 15.4 Å². The SMILES string of the molecule is Cl.Cl.NC1C2CCCC1CC(C(=O)Nc1ccn(CCc3ccncc3)n1)C2. The van der Waals surface area contributed by atoms with E-state index in [1.54, 1.807) is 12.4 Å². The Labute approximate surface area is 178 Å². The summed E-state index contributed by atoms with van der Waals surface area (Å²) in [6, 6.07) is 6.19. The van der Waals surface area contributed by atoms with Crippen LogP contribution in [0.2, 0.25) is 0 Å². The van der Waals surface area contributed by atoms with Gasteiger partial charge in [0.15, 0.2) is 5.82 Å². The lowest BCUT2D eigenvalue weighted by molar-refractivity contribution is -0.122. The minimum Gasteiger partial charge on any atom is -0.327 e. The Balaban J connectivity index is 0.00000140. The van der Waals surface area contributed by atoms with Crippen molar-refractivity contribution in [1.29, 1.82) is 0 Å². The van der Waals surface area contributed by atoms with Crippen LogP contribution in [0.1, 0.15) is 37.7 Å². The average Bonchev–Trinajstić information content (AvgIpc) is 3.08. The summed E-state index contributed by atoms with van der Waals surface area (Å²) in [7, 11) is 0. The fourth-order valence-corrected chi connectivity index (χ4v) is 4.58. The van der Waals surface area contributed by atoms with Crippen LogP contribution in [-0.4, -0.2) is 26.7 Å². The highest BCUT2D eigenvalue weighted by molar-refractivity contribution is 5.91. The molecule has 2 atom stereocenters. The number of nitrogens with two attached hydrogens (primary N) is 1. The smallest absolute Gasteiger partial charge is 0.228 e. The van der Waals surface area contributed by atoms with Crippen molar-refractivity contribution in [3.8, 4) is 0 Å². The van der Waals surface area contributed by atoms with E-state index in [-0.39, 0.29) is 36.6 Å². The van der Waals surface area contributed by atoms with Crippen molar-refractivity contribution in [1.82, 2.24) is 14.8 Å². The Morgan fingerprint density at radius 3 is 2.50 bits per heavy atom. The summed E-state index contributed by atoms with van der Waals surface area (Å²) in [4.78, 5) is 16.7. The second-order valence-electron chi connectivity index (χ2n) is 7.76. The first kappa shape index (κ1) is 22.7. The molecule has 0 radical (unpaired) electrons. The van der Waals surface area contributed by atoms with Gasteiger partial charge in [-0.25, -0.2) is 0 Å². The van der Waals surface area contributed by atoms with E-state index in [1.165, 1.54) is 24.8 Å². The summed E-state index contributed by atoms with van der Waals surface area (Å²) in [5.74, 6) is 1.84. The lowest BCUT2D eigenvalue weighted by Crippen LogP contribution is -2.48. The zero-order chi connectivity index (χ0) is 17.9. The molecule has 0 aliphatic heterocycles. The molecule has 1 amide bonds. The molecule has 6 nitrogen and oxygen atoms in total. The normalized spacial score (nSPS) is 25.9. The van der Waals surface area contributed by atoms with Crippen LogP contribution in [0, 0.1) is 17.8 Å². The summed E-state index contributed by atoms with van der Waals surface area (Å²) in [5.41, 5.74) is 7.56. The lowest BCUT2D eigenvalue weighted by atomic mass is 9.65. The van der Waals surface area contributed by atoms with E-state index >= 15 is 0 Å². The highest BCUT2D eigenvalue weighted by Gasteiger charge is 2.40. The van der Waals surface area contributed by atoms with E-state index in [0.717, 1.165) is 25.8 Å². The average molecular weight is 426 g/mol. The van der Waals surface area contributed by atoms with E-state index in [9.17, 15) is 4.79 Å². The summed E-state index contributed by atoms with van der Waals surface area (Å²) < 4.78 is 1.88. The fourth-order valence-electron chi connectivity index (χ4n) is 4.58. The second kappa shape index (κ2) is 10.2. The van der Waals surface area contributed by atoms with Crippen molar-refractivity contribution in [2.75, 3.05) is 5.32 Å². The molecular formula is C20H29Cl2N5O. The zero-order valence-corrected chi connectivity index (χ0v) is 17.5. The third-order valence-corrected chi connectivity index (χ3v) is 6.05. The molecule has 2 saturated carbocycles. The van der Waals surface area contributed by atoms with Crippen LogP contribution in [0.5, 0.6) is 0 Å². The van der Waals surface area contributed by atoms with Gasteiger partial charge >= 0.3 is 0 Å². The van der Waals surface area contributed by atoms with Gasteiger partial charge in [0.25, 0.3) is 0 Å². The van der Waals surface area contributed by atoms with Crippen LogP contribution in [0.3, 0.4) is 0 Å². The second-order valence-corrected chi connectivity index (χ2v) is 7.76. The number of amides is 1. The number of carbonyl (C=O) groups excluding carboxylic acids is 1.